The number of nitrogens with one attached hydrogen (secondary N) is 2. The second-order valence-corrected chi connectivity index (χ2v) is 8.00. The molecular weight excluding hydrogens is 324 g/mol. The quantitative estimate of drug-likeness (QED) is 0.869. The summed E-state index contributed by atoms with van der Waals surface area (Å²) in [7, 11) is -3.41. The molecule has 2 rings (SSSR count). The Hall–Kier alpha value is -1.11. The Labute approximate surface area is 138 Å². The lowest BCUT2D eigenvalue weighted by Crippen LogP contribution is -2.43. The van der Waals surface area contributed by atoms with Gasteiger partial charge >= 0.3 is 0 Å². The van der Waals surface area contributed by atoms with E-state index in [4.69, 9.17) is 0 Å². The van der Waals surface area contributed by atoms with E-state index in [-0.39, 0.29) is 34.2 Å². The van der Waals surface area contributed by atoms with Crippen LogP contribution in [0, 0.1) is 5.41 Å². The Kier molecular flexibility index (Phi) is 6.40. The van der Waals surface area contributed by atoms with Crippen LogP contribution in [0.2, 0.25) is 0 Å². The number of carbonyl (C=O) groups is 1. The maximum absolute atomic E-state index is 12.3. The van der Waals surface area contributed by atoms with E-state index in [9.17, 15) is 13.2 Å². The first-order chi connectivity index (χ1) is 9.82. The van der Waals surface area contributed by atoms with Crippen molar-refractivity contribution in [3.8, 4) is 0 Å². The smallest absolute Gasteiger partial charge is 0.252 e. The fourth-order valence-corrected chi connectivity index (χ4v) is 3.46. The summed E-state index contributed by atoms with van der Waals surface area (Å²) in [6.45, 7) is 4.61. The molecule has 0 unspecified atom stereocenters. The normalized spacial score (nSPS) is 17.4. The van der Waals surface area contributed by atoms with E-state index in [1.54, 1.807) is 18.2 Å². The van der Waals surface area contributed by atoms with Gasteiger partial charge < -0.3 is 10.6 Å². The topological polar surface area (TPSA) is 75.3 Å². The third-order valence-corrected chi connectivity index (χ3v) is 5.17. The third kappa shape index (κ3) is 4.69. The summed E-state index contributed by atoms with van der Waals surface area (Å²) in [6, 6.07) is 6.32. The SMILES string of the molecule is CC1(CNC(=O)c2ccccc2S(C)(=O)=O)CCNCC1.Cl. The highest BCUT2D eigenvalue weighted by Gasteiger charge is 2.28. The van der Waals surface area contributed by atoms with Gasteiger partial charge in [-0.1, -0.05) is 19.1 Å². The van der Waals surface area contributed by atoms with E-state index in [0.29, 0.717) is 6.54 Å². The Balaban J connectivity index is 0.00000242. The number of sulfone groups is 1. The second-order valence-electron chi connectivity index (χ2n) is 6.01. The molecule has 1 amide bonds. The van der Waals surface area contributed by atoms with Crippen molar-refractivity contribution in [2.24, 2.45) is 5.41 Å². The van der Waals surface area contributed by atoms with Crippen molar-refractivity contribution in [3.05, 3.63) is 29.8 Å². The molecular formula is C15H23ClN2O3S. The highest BCUT2D eigenvalue weighted by atomic mass is 35.5. The minimum absolute atomic E-state index is 0. The lowest BCUT2D eigenvalue weighted by atomic mass is 9.81. The van der Waals surface area contributed by atoms with E-state index >= 15 is 0 Å². The van der Waals surface area contributed by atoms with Crippen LogP contribution in [0.4, 0.5) is 0 Å². The van der Waals surface area contributed by atoms with Gasteiger partial charge in [0, 0.05) is 12.8 Å². The summed E-state index contributed by atoms with van der Waals surface area (Å²) >= 11 is 0. The van der Waals surface area contributed by atoms with E-state index in [1.807, 2.05) is 0 Å². The molecule has 1 aliphatic rings. The number of benzene rings is 1. The molecule has 0 aromatic heterocycles. The molecule has 1 fully saturated rings. The van der Waals surface area contributed by atoms with Gasteiger partial charge in [0.25, 0.3) is 5.91 Å². The van der Waals surface area contributed by atoms with Crippen LogP contribution in [0.25, 0.3) is 0 Å². The van der Waals surface area contributed by atoms with Crippen molar-refractivity contribution in [1.29, 1.82) is 0 Å². The lowest BCUT2D eigenvalue weighted by Gasteiger charge is -2.34. The number of halogens is 1. The van der Waals surface area contributed by atoms with Crippen LogP contribution < -0.4 is 10.6 Å². The maximum atomic E-state index is 12.3. The Morgan fingerprint density at radius 1 is 1.27 bits per heavy atom. The van der Waals surface area contributed by atoms with Gasteiger partial charge in [-0.15, -0.1) is 12.4 Å². The summed E-state index contributed by atoms with van der Waals surface area (Å²) in [5, 5.41) is 6.19. The summed E-state index contributed by atoms with van der Waals surface area (Å²) in [4.78, 5) is 12.4. The Morgan fingerprint density at radius 3 is 2.45 bits per heavy atom. The molecule has 1 aromatic carbocycles. The minimum atomic E-state index is -3.41. The zero-order valence-corrected chi connectivity index (χ0v) is 14.5. The fourth-order valence-electron chi connectivity index (χ4n) is 2.57. The molecule has 22 heavy (non-hydrogen) atoms. The summed E-state index contributed by atoms with van der Waals surface area (Å²) < 4.78 is 23.5. The van der Waals surface area contributed by atoms with Gasteiger partial charge in [0.1, 0.15) is 0 Å². The van der Waals surface area contributed by atoms with Crippen LogP contribution in [-0.4, -0.2) is 40.2 Å². The molecule has 0 bridgehead atoms. The van der Waals surface area contributed by atoms with Crippen molar-refractivity contribution in [2.75, 3.05) is 25.9 Å². The van der Waals surface area contributed by atoms with Crippen molar-refractivity contribution >= 4 is 28.2 Å². The Morgan fingerprint density at radius 2 is 1.86 bits per heavy atom. The molecule has 0 spiro atoms. The molecule has 0 atom stereocenters. The zero-order valence-electron chi connectivity index (χ0n) is 12.9. The van der Waals surface area contributed by atoms with Gasteiger partial charge in [-0.25, -0.2) is 8.42 Å². The van der Waals surface area contributed by atoms with Gasteiger partial charge in [0.2, 0.25) is 0 Å². The van der Waals surface area contributed by atoms with E-state index < -0.39 is 9.84 Å². The van der Waals surface area contributed by atoms with Crippen LogP contribution in [0.15, 0.2) is 29.2 Å². The molecule has 5 nitrogen and oxygen atoms in total. The molecule has 124 valence electrons. The zero-order chi connectivity index (χ0) is 15.5. The van der Waals surface area contributed by atoms with Gasteiger partial charge in [0.05, 0.1) is 10.5 Å². The highest BCUT2D eigenvalue weighted by molar-refractivity contribution is 7.90. The standard InChI is InChI=1S/C15H22N2O3S.ClH/c1-15(7-9-16-10-8-15)11-17-14(18)12-5-3-4-6-13(12)21(2,19)20;/h3-6,16H,7-11H2,1-2H3,(H,17,18);1H. The first-order valence-corrected chi connectivity index (χ1v) is 8.99. The molecule has 1 aliphatic heterocycles. The average molecular weight is 347 g/mol. The van der Waals surface area contributed by atoms with Gasteiger partial charge in [0.15, 0.2) is 9.84 Å². The summed E-state index contributed by atoms with van der Waals surface area (Å²) in [6.07, 6.45) is 3.12. The first kappa shape index (κ1) is 18.9. The van der Waals surface area contributed by atoms with Crippen molar-refractivity contribution in [2.45, 2.75) is 24.7 Å². The van der Waals surface area contributed by atoms with Gasteiger partial charge in [-0.3, -0.25) is 4.79 Å². The van der Waals surface area contributed by atoms with Crippen LogP contribution in [-0.2, 0) is 9.84 Å². The van der Waals surface area contributed by atoms with Crippen molar-refractivity contribution in [1.82, 2.24) is 10.6 Å². The number of piperidine rings is 1. The monoisotopic (exact) mass is 346 g/mol. The summed E-state index contributed by atoms with van der Waals surface area (Å²) in [5.41, 5.74) is 0.290. The van der Waals surface area contributed by atoms with Gasteiger partial charge in [-0.2, -0.15) is 0 Å². The summed E-state index contributed by atoms with van der Waals surface area (Å²) in [5.74, 6) is -0.323. The number of carbonyl (C=O) groups excluding carboxylic acids is 1. The van der Waals surface area contributed by atoms with Crippen LogP contribution in [0.1, 0.15) is 30.1 Å². The number of hydrogen-bond donors (Lipinski definition) is 2. The molecule has 0 radical (unpaired) electrons. The van der Waals surface area contributed by atoms with E-state index in [1.165, 1.54) is 6.07 Å². The fraction of sp³-hybridized carbons (Fsp3) is 0.533. The van der Waals surface area contributed by atoms with Gasteiger partial charge in [-0.05, 0) is 43.5 Å². The highest BCUT2D eigenvalue weighted by Crippen LogP contribution is 2.27. The van der Waals surface area contributed by atoms with E-state index in [2.05, 4.69) is 17.6 Å². The minimum Gasteiger partial charge on any atom is -0.351 e. The number of hydrogen-bond acceptors (Lipinski definition) is 4. The lowest BCUT2D eigenvalue weighted by molar-refractivity contribution is 0.0919. The molecule has 1 aromatic rings. The second kappa shape index (κ2) is 7.44. The van der Waals surface area contributed by atoms with Crippen molar-refractivity contribution < 1.29 is 13.2 Å². The van der Waals surface area contributed by atoms with Crippen LogP contribution in [0.3, 0.4) is 0 Å². The largest absolute Gasteiger partial charge is 0.351 e. The van der Waals surface area contributed by atoms with E-state index in [0.717, 1.165) is 32.2 Å². The molecule has 7 heteroatoms. The number of amides is 1. The molecule has 0 aliphatic carbocycles. The average Bonchev–Trinajstić information content (AvgIpc) is 2.45. The molecule has 0 saturated carbocycles. The molecule has 1 heterocycles. The molecule has 1 saturated heterocycles. The predicted octanol–water partition coefficient (Wildman–Crippen LogP) is 1.63. The van der Waals surface area contributed by atoms with Crippen LogP contribution >= 0.6 is 12.4 Å². The predicted molar refractivity (Wildman–Crippen MR) is 89.3 cm³/mol. The Bertz CT molecular complexity index is 625. The van der Waals surface area contributed by atoms with Crippen LogP contribution in [0.5, 0.6) is 0 Å². The third-order valence-electron chi connectivity index (χ3n) is 4.02. The molecule has 2 N–H and O–H groups in total. The first-order valence-electron chi connectivity index (χ1n) is 7.10. The van der Waals surface area contributed by atoms with Crippen molar-refractivity contribution in [3.63, 3.8) is 0 Å². The maximum Gasteiger partial charge on any atom is 0.252 e. The number of rotatable bonds is 4.